The third-order valence-electron chi connectivity index (χ3n) is 6.14. The van der Waals surface area contributed by atoms with E-state index in [9.17, 15) is 20.2 Å². The standard InChI is InChI=1S/C32H24N2O8/c1-21-19-23(33(35)36)3-17-31(21)41-29-13-9-27(10-14-29)39-25-5-7-26(8-6-25)40-28-11-15-30(16-12-28)42-32-18-4-24(34(37)38)20-22(32)2/h3-20H,1-2H3. The maximum Gasteiger partial charge on any atom is 0.269 e. The normalized spacial score (nSPS) is 10.5. The van der Waals surface area contributed by atoms with Gasteiger partial charge in [-0.2, -0.15) is 0 Å². The number of hydrogen-bond donors (Lipinski definition) is 0. The predicted molar refractivity (Wildman–Crippen MR) is 155 cm³/mol. The number of rotatable bonds is 10. The van der Waals surface area contributed by atoms with Crippen LogP contribution in [0.2, 0.25) is 0 Å². The zero-order valence-corrected chi connectivity index (χ0v) is 22.6. The van der Waals surface area contributed by atoms with Crippen LogP contribution in [0, 0.1) is 34.1 Å². The van der Waals surface area contributed by atoms with Crippen molar-refractivity contribution < 1.29 is 28.8 Å². The Morgan fingerprint density at radius 2 is 0.690 bits per heavy atom. The summed E-state index contributed by atoms with van der Waals surface area (Å²) in [6.45, 7) is 3.50. The summed E-state index contributed by atoms with van der Waals surface area (Å²) in [5.41, 5.74) is 1.35. The summed E-state index contributed by atoms with van der Waals surface area (Å²) in [4.78, 5) is 21.0. The van der Waals surface area contributed by atoms with Crippen LogP contribution in [-0.4, -0.2) is 9.85 Å². The Kier molecular flexibility index (Phi) is 7.96. The number of aryl methyl sites for hydroxylation is 2. The lowest BCUT2D eigenvalue weighted by atomic mass is 10.2. The van der Waals surface area contributed by atoms with E-state index in [-0.39, 0.29) is 11.4 Å². The molecule has 0 amide bonds. The van der Waals surface area contributed by atoms with Crippen molar-refractivity contribution in [1.29, 1.82) is 0 Å². The van der Waals surface area contributed by atoms with Gasteiger partial charge in [-0.3, -0.25) is 20.2 Å². The molecule has 5 aromatic rings. The van der Waals surface area contributed by atoms with Gasteiger partial charge in [0.25, 0.3) is 11.4 Å². The van der Waals surface area contributed by atoms with Gasteiger partial charge in [-0.15, -0.1) is 0 Å². The van der Waals surface area contributed by atoms with Crippen LogP contribution in [0.4, 0.5) is 11.4 Å². The molecule has 5 rings (SSSR count). The van der Waals surface area contributed by atoms with Gasteiger partial charge in [0.05, 0.1) is 9.85 Å². The second kappa shape index (κ2) is 12.1. The molecule has 0 atom stereocenters. The van der Waals surface area contributed by atoms with E-state index in [1.807, 2.05) is 0 Å². The van der Waals surface area contributed by atoms with Gasteiger partial charge >= 0.3 is 0 Å². The minimum atomic E-state index is -0.442. The van der Waals surface area contributed by atoms with E-state index in [0.717, 1.165) is 0 Å². The molecule has 0 heterocycles. The van der Waals surface area contributed by atoms with Crippen molar-refractivity contribution >= 4 is 11.4 Å². The molecule has 0 aliphatic carbocycles. The summed E-state index contributed by atoms with van der Waals surface area (Å²) < 4.78 is 23.5. The van der Waals surface area contributed by atoms with Gasteiger partial charge < -0.3 is 18.9 Å². The van der Waals surface area contributed by atoms with E-state index in [2.05, 4.69) is 0 Å². The van der Waals surface area contributed by atoms with Crippen LogP contribution >= 0.6 is 0 Å². The molecule has 0 radical (unpaired) electrons. The first-order valence-electron chi connectivity index (χ1n) is 12.8. The highest BCUT2D eigenvalue weighted by atomic mass is 16.6. The average Bonchev–Trinajstić information content (AvgIpc) is 2.98. The Labute approximate surface area is 240 Å². The molecule has 0 saturated carbocycles. The lowest BCUT2D eigenvalue weighted by Gasteiger charge is -2.11. The summed E-state index contributed by atoms with van der Waals surface area (Å²) >= 11 is 0. The number of nitro benzene ring substituents is 2. The van der Waals surface area contributed by atoms with Crippen molar-refractivity contribution in [1.82, 2.24) is 0 Å². The first-order valence-corrected chi connectivity index (χ1v) is 12.8. The number of ether oxygens (including phenoxy) is 4. The molecule has 0 spiro atoms. The van der Waals surface area contributed by atoms with Gasteiger partial charge in [-0.05, 0) is 110 Å². The molecular weight excluding hydrogens is 540 g/mol. The fraction of sp³-hybridized carbons (Fsp3) is 0.0625. The summed E-state index contributed by atoms with van der Waals surface area (Å²) in [5.74, 6) is 4.65. The largest absolute Gasteiger partial charge is 0.457 e. The molecule has 0 aliphatic rings. The van der Waals surface area contributed by atoms with E-state index in [4.69, 9.17) is 18.9 Å². The fourth-order valence-corrected chi connectivity index (χ4v) is 3.98. The molecule has 0 fully saturated rings. The molecule has 0 aromatic heterocycles. The minimum absolute atomic E-state index is 0.0134. The van der Waals surface area contributed by atoms with Crippen molar-refractivity contribution in [3.63, 3.8) is 0 Å². The molecule has 10 nitrogen and oxygen atoms in total. The highest BCUT2D eigenvalue weighted by molar-refractivity contribution is 5.47. The van der Waals surface area contributed by atoms with Crippen LogP contribution in [-0.2, 0) is 0 Å². The third kappa shape index (κ3) is 6.80. The molecule has 0 aliphatic heterocycles. The molecule has 0 bridgehead atoms. The smallest absolute Gasteiger partial charge is 0.269 e. The van der Waals surface area contributed by atoms with Crippen molar-refractivity contribution in [2.45, 2.75) is 13.8 Å². The lowest BCUT2D eigenvalue weighted by molar-refractivity contribution is -0.385. The summed E-state index contributed by atoms with van der Waals surface area (Å²) in [5, 5.41) is 21.9. The van der Waals surface area contributed by atoms with Crippen molar-refractivity contribution in [3.8, 4) is 46.0 Å². The van der Waals surface area contributed by atoms with Crippen LogP contribution in [0.5, 0.6) is 46.0 Å². The summed E-state index contributed by atoms with van der Waals surface area (Å²) in [6, 6.07) is 30.1. The van der Waals surface area contributed by atoms with Gasteiger partial charge in [0.2, 0.25) is 0 Å². The van der Waals surface area contributed by atoms with Crippen LogP contribution in [0.15, 0.2) is 109 Å². The van der Waals surface area contributed by atoms with Gasteiger partial charge in [0.1, 0.15) is 46.0 Å². The topological polar surface area (TPSA) is 123 Å². The number of nitrogens with zero attached hydrogens (tertiary/aromatic N) is 2. The SMILES string of the molecule is Cc1cc([N+](=O)[O-])ccc1Oc1ccc(Oc2ccc(Oc3ccc(Oc4ccc([N+](=O)[O-])cc4C)cc3)cc2)cc1. The third-order valence-corrected chi connectivity index (χ3v) is 6.14. The average molecular weight is 565 g/mol. The summed E-state index contributed by atoms with van der Waals surface area (Å²) in [6.07, 6.45) is 0. The minimum Gasteiger partial charge on any atom is -0.457 e. The zero-order chi connectivity index (χ0) is 29.6. The van der Waals surface area contributed by atoms with E-state index < -0.39 is 9.85 Å². The Balaban J connectivity index is 1.15. The Morgan fingerprint density at radius 1 is 0.429 bits per heavy atom. The second-order valence-electron chi connectivity index (χ2n) is 9.24. The number of nitro groups is 2. The zero-order valence-electron chi connectivity index (χ0n) is 22.6. The first-order chi connectivity index (χ1) is 20.2. The Bertz CT molecular complexity index is 1610. The fourth-order valence-electron chi connectivity index (χ4n) is 3.98. The predicted octanol–water partition coefficient (Wildman–Crippen LogP) is 9.29. The first kappa shape index (κ1) is 27.7. The number of hydrogen-bond acceptors (Lipinski definition) is 8. The van der Waals surface area contributed by atoms with Crippen LogP contribution in [0.3, 0.4) is 0 Å². The number of non-ortho nitro benzene ring substituents is 2. The van der Waals surface area contributed by atoms with Crippen molar-refractivity contribution in [3.05, 3.63) is 141 Å². The van der Waals surface area contributed by atoms with Gasteiger partial charge in [-0.1, -0.05) is 0 Å². The Hall–Kier alpha value is -5.90. The number of benzene rings is 5. The van der Waals surface area contributed by atoms with Gasteiger partial charge in [-0.25, -0.2) is 0 Å². The quantitative estimate of drug-likeness (QED) is 0.121. The van der Waals surface area contributed by atoms with Crippen LogP contribution in [0.25, 0.3) is 0 Å². The van der Waals surface area contributed by atoms with E-state index in [0.29, 0.717) is 57.1 Å². The highest BCUT2D eigenvalue weighted by Gasteiger charge is 2.11. The molecular formula is C32H24N2O8. The molecule has 210 valence electrons. The maximum atomic E-state index is 10.9. The lowest BCUT2D eigenvalue weighted by Crippen LogP contribution is -1.92. The Morgan fingerprint density at radius 3 is 0.929 bits per heavy atom. The second-order valence-corrected chi connectivity index (χ2v) is 9.24. The van der Waals surface area contributed by atoms with Gasteiger partial charge in [0.15, 0.2) is 0 Å². The van der Waals surface area contributed by atoms with E-state index in [1.165, 1.54) is 24.3 Å². The monoisotopic (exact) mass is 564 g/mol. The van der Waals surface area contributed by atoms with E-state index in [1.54, 1.807) is 98.8 Å². The van der Waals surface area contributed by atoms with Crippen molar-refractivity contribution in [2.75, 3.05) is 0 Å². The molecule has 5 aromatic carbocycles. The molecule has 0 unspecified atom stereocenters. The van der Waals surface area contributed by atoms with Crippen LogP contribution < -0.4 is 18.9 Å². The molecule has 0 N–H and O–H groups in total. The van der Waals surface area contributed by atoms with E-state index >= 15 is 0 Å². The van der Waals surface area contributed by atoms with Crippen LogP contribution in [0.1, 0.15) is 11.1 Å². The van der Waals surface area contributed by atoms with Crippen molar-refractivity contribution in [2.24, 2.45) is 0 Å². The molecule has 0 saturated heterocycles. The molecule has 42 heavy (non-hydrogen) atoms. The molecule has 10 heteroatoms. The van der Waals surface area contributed by atoms with Gasteiger partial charge in [0, 0.05) is 24.3 Å². The maximum absolute atomic E-state index is 10.9. The summed E-state index contributed by atoms with van der Waals surface area (Å²) in [7, 11) is 0. The highest BCUT2D eigenvalue weighted by Crippen LogP contribution is 2.33.